The van der Waals surface area contributed by atoms with E-state index in [4.69, 9.17) is 10.8 Å². The normalized spacial score (nSPS) is 12.5. The number of aliphatic hydroxyl groups is 1. The van der Waals surface area contributed by atoms with Crippen molar-refractivity contribution in [1.82, 2.24) is 10.2 Å². The molecule has 0 fully saturated rings. The van der Waals surface area contributed by atoms with Gasteiger partial charge < -0.3 is 16.2 Å². The maximum absolute atomic E-state index is 11.9. The first kappa shape index (κ1) is 12.2. The molecule has 1 rings (SSSR count). The van der Waals surface area contributed by atoms with Crippen LogP contribution in [0.3, 0.4) is 0 Å². The molecule has 88 valence electrons. The lowest BCUT2D eigenvalue weighted by atomic mass is 10.3. The maximum Gasteiger partial charge on any atom is 0.269 e. The van der Waals surface area contributed by atoms with Crippen molar-refractivity contribution in [2.45, 2.75) is 12.5 Å². The number of carbonyl (C=O) groups excluding carboxylic acids is 1. The van der Waals surface area contributed by atoms with Crippen LogP contribution >= 0.6 is 0 Å². The molecule has 8 heteroatoms. The molecule has 16 heavy (non-hydrogen) atoms. The smallest absolute Gasteiger partial charge is 0.269 e. The van der Waals surface area contributed by atoms with Gasteiger partial charge in [0.1, 0.15) is 11.9 Å². The zero-order valence-corrected chi connectivity index (χ0v) is 8.10. The summed E-state index contributed by atoms with van der Waals surface area (Å²) >= 11 is 0. The number of rotatable bonds is 5. The third-order valence-electron chi connectivity index (χ3n) is 1.70. The lowest BCUT2D eigenvalue weighted by Crippen LogP contribution is -2.27. The number of primary amides is 1. The molecular formula is C8H10F2N4O2. The van der Waals surface area contributed by atoms with E-state index in [1.807, 2.05) is 0 Å². The van der Waals surface area contributed by atoms with E-state index in [-0.39, 0.29) is 18.1 Å². The fourth-order valence-corrected chi connectivity index (χ4v) is 0.856. The summed E-state index contributed by atoms with van der Waals surface area (Å²) in [5.74, 6) is -0.559. The fraction of sp³-hybridized carbons (Fsp3) is 0.375. The summed E-state index contributed by atoms with van der Waals surface area (Å²) in [6, 6.07) is 2.65. The third-order valence-corrected chi connectivity index (χ3v) is 1.70. The average Bonchev–Trinajstić information content (AvgIpc) is 2.26. The van der Waals surface area contributed by atoms with E-state index in [9.17, 15) is 13.6 Å². The summed E-state index contributed by atoms with van der Waals surface area (Å²) in [6.45, 7) is -0.359. The highest BCUT2D eigenvalue weighted by Crippen LogP contribution is 2.04. The number of amides is 1. The van der Waals surface area contributed by atoms with E-state index in [0.717, 1.165) is 0 Å². The molecule has 1 unspecified atom stereocenters. The molecule has 4 N–H and O–H groups in total. The van der Waals surface area contributed by atoms with Crippen LogP contribution in [0.25, 0.3) is 0 Å². The van der Waals surface area contributed by atoms with Crippen molar-refractivity contribution in [3.8, 4) is 0 Å². The molecular weight excluding hydrogens is 222 g/mol. The SMILES string of the molecule is NC(=O)c1ccc(NCC(O)C(F)F)nn1. The van der Waals surface area contributed by atoms with Gasteiger partial charge in [-0.3, -0.25) is 4.79 Å². The van der Waals surface area contributed by atoms with Gasteiger partial charge in [-0.25, -0.2) is 8.78 Å². The van der Waals surface area contributed by atoms with Gasteiger partial charge in [0.15, 0.2) is 5.69 Å². The van der Waals surface area contributed by atoms with Crippen LogP contribution in [0.15, 0.2) is 12.1 Å². The lowest BCUT2D eigenvalue weighted by molar-refractivity contribution is 0.00380. The quantitative estimate of drug-likeness (QED) is 0.642. The Balaban J connectivity index is 2.53. The van der Waals surface area contributed by atoms with Crippen LogP contribution in [-0.2, 0) is 0 Å². The molecule has 0 radical (unpaired) electrons. The number of hydrogen-bond acceptors (Lipinski definition) is 5. The second-order valence-electron chi connectivity index (χ2n) is 2.95. The third kappa shape index (κ3) is 3.39. The van der Waals surface area contributed by atoms with Crippen molar-refractivity contribution in [2.75, 3.05) is 11.9 Å². The van der Waals surface area contributed by atoms with Crippen molar-refractivity contribution < 1.29 is 18.7 Å². The van der Waals surface area contributed by atoms with Crippen LogP contribution in [0.2, 0.25) is 0 Å². The van der Waals surface area contributed by atoms with E-state index in [1.165, 1.54) is 12.1 Å². The van der Waals surface area contributed by atoms with E-state index < -0.39 is 18.4 Å². The number of aliphatic hydroxyl groups excluding tert-OH is 1. The molecule has 0 aromatic carbocycles. The predicted molar refractivity (Wildman–Crippen MR) is 51.1 cm³/mol. The first-order valence-electron chi connectivity index (χ1n) is 4.34. The Morgan fingerprint density at radius 3 is 2.62 bits per heavy atom. The van der Waals surface area contributed by atoms with Crippen LogP contribution < -0.4 is 11.1 Å². The molecule has 0 saturated carbocycles. The molecule has 0 aliphatic rings. The Hall–Kier alpha value is -1.83. The van der Waals surface area contributed by atoms with Crippen LogP contribution in [0.4, 0.5) is 14.6 Å². The van der Waals surface area contributed by atoms with Crippen molar-refractivity contribution >= 4 is 11.7 Å². The number of aromatic nitrogens is 2. The molecule has 0 aliphatic carbocycles. The van der Waals surface area contributed by atoms with E-state index in [1.54, 1.807) is 0 Å². The number of halogens is 2. The topological polar surface area (TPSA) is 101 Å². The number of hydrogen-bond donors (Lipinski definition) is 3. The summed E-state index contributed by atoms with van der Waals surface area (Å²) in [7, 11) is 0. The highest BCUT2D eigenvalue weighted by atomic mass is 19.3. The molecule has 6 nitrogen and oxygen atoms in total. The zero-order chi connectivity index (χ0) is 12.1. The number of nitrogens with two attached hydrogens (primary N) is 1. The summed E-state index contributed by atoms with van der Waals surface area (Å²) < 4.78 is 23.8. The molecule has 0 bridgehead atoms. The Morgan fingerprint density at radius 2 is 2.19 bits per heavy atom. The first-order valence-corrected chi connectivity index (χ1v) is 4.34. The molecule has 0 spiro atoms. The van der Waals surface area contributed by atoms with Gasteiger partial charge in [0, 0.05) is 6.54 Å². The zero-order valence-electron chi connectivity index (χ0n) is 8.10. The van der Waals surface area contributed by atoms with Gasteiger partial charge in [-0.15, -0.1) is 10.2 Å². The summed E-state index contributed by atoms with van der Waals surface area (Å²) in [5.41, 5.74) is 4.90. The van der Waals surface area contributed by atoms with Gasteiger partial charge in [-0.05, 0) is 12.1 Å². The number of nitrogens with zero attached hydrogens (tertiary/aromatic N) is 2. The highest BCUT2D eigenvalue weighted by Gasteiger charge is 2.16. The number of nitrogens with one attached hydrogen (secondary N) is 1. The standard InChI is InChI=1S/C8H10F2N4O2/c9-7(10)5(15)3-12-6-2-1-4(8(11)16)13-14-6/h1-2,5,7,15H,3H2,(H2,11,16)(H,12,14). The summed E-state index contributed by atoms with van der Waals surface area (Å²) in [5, 5.41) is 18.2. The Labute approximate surface area is 89.5 Å². The Kier molecular flexibility index (Phi) is 4.06. The Bertz CT molecular complexity index is 358. The first-order chi connectivity index (χ1) is 7.50. The molecule has 1 aromatic heterocycles. The molecule has 1 atom stereocenters. The van der Waals surface area contributed by atoms with Crippen molar-refractivity contribution in [2.24, 2.45) is 5.73 Å². The van der Waals surface area contributed by atoms with Crippen LogP contribution in [-0.4, -0.2) is 40.3 Å². The molecule has 1 heterocycles. The van der Waals surface area contributed by atoms with Gasteiger partial charge in [0.25, 0.3) is 12.3 Å². The molecule has 0 saturated heterocycles. The van der Waals surface area contributed by atoms with E-state index in [0.29, 0.717) is 0 Å². The minimum absolute atomic E-state index is 0.0278. The van der Waals surface area contributed by atoms with E-state index in [2.05, 4.69) is 15.5 Å². The average molecular weight is 232 g/mol. The molecule has 1 aromatic rings. The van der Waals surface area contributed by atoms with Gasteiger partial charge in [0.2, 0.25) is 0 Å². The summed E-state index contributed by atoms with van der Waals surface area (Å²) in [6.07, 6.45) is -4.61. The minimum Gasteiger partial charge on any atom is -0.385 e. The molecule has 1 amide bonds. The number of alkyl halides is 2. The van der Waals surface area contributed by atoms with Gasteiger partial charge in [-0.1, -0.05) is 0 Å². The van der Waals surface area contributed by atoms with Crippen molar-refractivity contribution in [3.05, 3.63) is 17.8 Å². The second-order valence-corrected chi connectivity index (χ2v) is 2.95. The maximum atomic E-state index is 11.9. The van der Waals surface area contributed by atoms with Crippen molar-refractivity contribution in [3.63, 3.8) is 0 Å². The Morgan fingerprint density at radius 1 is 1.50 bits per heavy atom. The second kappa shape index (κ2) is 5.31. The van der Waals surface area contributed by atoms with Crippen LogP contribution in [0, 0.1) is 0 Å². The number of carbonyl (C=O) groups is 1. The van der Waals surface area contributed by atoms with Gasteiger partial charge >= 0.3 is 0 Å². The largest absolute Gasteiger partial charge is 0.385 e. The monoisotopic (exact) mass is 232 g/mol. The van der Waals surface area contributed by atoms with Crippen LogP contribution in [0.1, 0.15) is 10.5 Å². The minimum atomic E-state index is -2.83. The molecule has 0 aliphatic heterocycles. The van der Waals surface area contributed by atoms with Crippen LogP contribution in [0.5, 0.6) is 0 Å². The summed E-state index contributed by atoms with van der Waals surface area (Å²) in [4.78, 5) is 10.6. The van der Waals surface area contributed by atoms with Crippen molar-refractivity contribution in [1.29, 1.82) is 0 Å². The fourth-order valence-electron chi connectivity index (χ4n) is 0.856. The lowest BCUT2D eigenvalue weighted by Gasteiger charge is -2.10. The predicted octanol–water partition coefficient (Wildman–Crippen LogP) is -0.387. The van der Waals surface area contributed by atoms with E-state index >= 15 is 0 Å². The van der Waals surface area contributed by atoms with Gasteiger partial charge in [-0.2, -0.15) is 0 Å². The van der Waals surface area contributed by atoms with Gasteiger partial charge in [0.05, 0.1) is 0 Å². The highest BCUT2D eigenvalue weighted by molar-refractivity contribution is 5.90. The number of anilines is 1.